The highest BCUT2D eigenvalue weighted by Crippen LogP contribution is 2.30. The summed E-state index contributed by atoms with van der Waals surface area (Å²) in [6.07, 6.45) is 3.88. The lowest BCUT2D eigenvalue weighted by atomic mass is 9.91. The van der Waals surface area contributed by atoms with E-state index < -0.39 is 0 Å². The maximum Gasteiger partial charge on any atom is 0.0743 e. The molecule has 1 aromatic rings. The third-order valence-electron chi connectivity index (χ3n) is 3.79. The van der Waals surface area contributed by atoms with Gasteiger partial charge in [0.1, 0.15) is 0 Å². The second kappa shape index (κ2) is 6.04. The number of aliphatic hydroxyl groups is 2. The molecule has 1 aromatic carbocycles. The normalized spacial score (nSPS) is 24.0. The zero-order valence-electron chi connectivity index (χ0n) is 10.6. The van der Waals surface area contributed by atoms with Crippen LogP contribution in [0.15, 0.2) is 22.7 Å². The van der Waals surface area contributed by atoms with Crippen molar-refractivity contribution < 1.29 is 10.2 Å². The molecule has 1 aliphatic rings. The Morgan fingerprint density at radius 2 is 2.06 bits per heavy atom. The molecule has 0 bridgehead atoms. The first-order valence-electron chi connectivity index (χ1n) is 6.43. The minimum atomic E-state index is -0.269. The van der Waals surface area contributed by atoms with Gasteiger partial charge in [0.15, 0.2) is 0 Å². The van der Waals surface area contributed by atoms with Crippen molar-refractivity contribution in [1.82, 2.24) is 0 Å². The van der Waals surface area contributed by atoms with Crippen LogP contribution in [-0.4, -0.2) is 29.4 Å². The lowest BCUT2D eigenvalue weighted by Gasteiger charge is -2.37. The number of rotatable bonds is 3. The predicted octanol–water partition coefficient (Wildman–Crippen LogP) is 2.68. The van der Waals surface area contributed by atoms with E-state index in [9.17, 15) is 10.2 Å². The van der Waals surface area contributed by atoms with Crippen molar-refractivity contribution in [2.24, 2.45) is 0 Å². The van der Waals surface area contributed by atoms with Gasteiger partial charge in [0.25, 0.3) is 0 Å². The first-order chi connectivity index (χ1) is 8.63. The molecule has 0 aliphatic heterocycles. The molecule has 2 N–H and O–H groups in total. The summed E-state index contributed by atoms with van der Waals surface area (Å²) in [4.78, 5) is 2.11. The number of anilines is 1. The molecule has 0 saturated heterocycles. The molecule has 0 radical (unpaired) electrons. The van der Waals surface area contributed by atoms with E-state index in [2.05, 4.69) is 20.8 Å². The van der Waals surface area contributed by atoms with Crippen molar-refractivity contribution in [1.29, 1.82) is 0 Å². The van der Waals surface area contributed by atoms with E-state index in [-0.39, 0.29) is 18.8 Å². The Balaban J connectivity index is 2.26. The summed E-state index contributed by atoms with van der Waals surface area (Å²) in [6, 6.07) is 6.01. The molecule has 100 valence electrons. The van der Waals surface area contributed by atoms with E-state index in [0.717, 1.165) is 41.4 Å². The topological polar surface area (TPSA) is 43.7 Å². The first kappa shape index (κ1) is 13.8. The number of hydrogen-bond donors (Lipinski definition) is 2. The molecule has 2 rings (SSSR count). The van der Waals surface area contributed by atoms with Gasteiger partial charge in [-0.05, 0) is 25.0 Å². The van der Waals surface area contributed by atoms with E-state index in [1.54, 1.807) is 0 Å². The smallest absolute Gasteiger partial charge is 0.0743 e. The Kier molecular flexibility index (Phi) is 4.65. The number of aliphatic hydroxyl groups excluding tert-OH is 2. The molecular formula is C14H20BrNO2. The summed E-state index contributed by atoms with van der Waals surface area (Å²) >= 11 is 3.46. The van der Waals surface area contributed by atoms with Gasteiger partial charge in [0.05, 0.1) is 18.8 Å². The second-order valence-electron chi connectivity index (χ2n) is 4.96. The summed E-state index contributed by atoms with van der Waals surface area (Å²) in [5.74, 6) is 0. The number of likely N-dealkylation sites (N-methyl/N-ethyl adjacent to an activating group) is 1. The fraction of sp³-hybridized carbons (Fsp3) is 0.571. The van der Waals surface area contributed by atoms with Crippen LogP contribution in [0.3, 0.4) is 0 Å². The molecule has 18 heavy (non-hydrogen) atoms. The maximum atomic E-state index is 10.1. The maximum absolute atomic E-state index is 10.1. The van der Waals surface area contributed by atoms with E-state index in [4.69, 9.17) is 0 Å². The van der Waals surface area contributed by atoms with Crippen molar-refractivity contribution in [2.45, 2.75) is 44.4 Å². The lowest BCUT2D eigenvalue weighted by molar-refractivity contribution is 0.106. The Morgan fingerprint density at radius 3 is 2.72 bits per heavy atom. The molecule has 0 heterocycles. The van der Waals surface area contributed by atoms with Gasteiger partial charge in [-0.15, -0.1) is 0 Å². The summed E-state index contributed by atoms with van der Waals surface area (Å²) in [5.41, 5.74) is 1.90. The van der Waals surface area contributed by atoms with Crippen LogP contribution in [0.5, 0.6) is 0 Å². The largest absolute Gasteiger partial charge is 0.392 e. The lowest BCUT2D eigenvalue weighted by Crippen LogP contribution is -2.43. The van der Waals surface area contributed by atoms with Gasteiger partial charge in [-0.25, -0.2) is 0 Å². The van der Waals surface area contributed by atoms with Crippen LogP contribution < -0.4 is 4.90 Å². The molecule has 3 nitrogen and oxygen atoms in total. The van der Waals surface area contributed by atoms with E-state index in [0.29, 0.717) is 0 Å². The first-order valence-corrected chi connectivity index (χ1v) is 7.23. The predicted molar refractivity (Wildman–Crippen MR) is 76.7 cm³/mol. The van der Waals surface area contributed by atoms with Crippen molar-refractivity contribution >= 4 is 21.6 Å². The van der Waals surface area contributed by atoms with Crippen LogP contribution in [-0.2, 0) is 6.61 Å². The van der Waals surface area contributed by atoms with Crippen molar-refractivity contribution in [2.75, 3.05) is 11.9 Å². The Hall–Kier alpha value is -0.580. The van der Waals surface area contributed by atoms with Gasteiger partial charge in [-0.3, -0.25) is 0 Å². The minimum Gasteiger partial charge on any atom is -0.392 e. The molecule has 0 spiro atoms. The number of halogens is 1. The monoisotopic (exact) mass is 313 g/mol. The fourth-order valence-corrected chi connectivity index (χ4v) is 3.07. The number of nitrogens with zero attached hydrogens (tertiary/aromatic N) is 1. The van der Waals surface area contributed by atoms with Crippen LogP contribution in [0.25, 0.3) is 0 Å². The molecule has 0 aromatic heterocycles. The molecule has 0 amide bonds. The van der Waals surface area contributed by atoms with E-state index in [1.165, 1.54) is 0 Å². The van der Waals surface area contributed by atoms with Crippen LogP contribution in [0.1, 0.15) is 31.2 Å². The van der Waals surface area contributed by atoms with Crippen LogP contribution >= 0.6 is 15.9 Å². The average Bonchev–Trinajstić information content (AvgIpc) is 2.38. The third kappa shape index (κ3) is 2.87. The zero-order chi connectivity index (χ0) is 13.1. The van der Waals surface area contributed by atoms with Gasteiger partial charge in [-0.1, -0.05) is 34.8 Å². The zero-order valence-corrected chi connectivity index (χ0v) is 12.2. The molecule has 2 unspecified atom stereocenters. The molecule has 1 aliphatic carbocycles. The number of benzene rings is 1. The molecule has 1 saturated carbocycles. The standard InChI is InChI=1S/C14H20BrNO2/c1-16(12-4-2-3-5-14(12)18)13-8-11(15)7-6-10(13)9-17/h6-8,12,14,17-18H,2-5,9H2,1H3. The van der Waals surface area contributed by atoms with Crippen molar-refractivity contribution in [3.05, 3.63) is 28.2 Å². The van der Waals surface area contributed by atoms with E-state index in [1.807, 2.05) is 25.2 Å². The van der Waals surface area contributed by atoms with Gasteiger partial charge >= 0.3 is 0 Å². The second-order valence-corrected chi connectivity index (χ2v) is 5.88. The van der Waals surface area contributed by atoms with Gasteiger partial charge < -0.3 is 15.1 Å². The van der Waals surface area contributed by atoms with Crippen LogP contribution in [0, 0.1) is 0 Å². The van der Waals surface area contributed by atoms with Gasteiger partial charge in [0, 0.05) is 22.8 Å². The summed E-state index contributed by atoms with van der Waals surface area (Å²) < 4.78 is 0.992. The summed E-state index contributed by atoms with van der Waals surface area (Å²) in [5, 5.41) is 19.5. The highest BCUT2D eigenvalue weighted by molar-refractivity contribution is 9.10. The fourth-order valence-electron chi connectivity index (χ4n) is 2.72. The Labute approximate surface area is 117 Å². The third-order valence-corrected chi connectivity index (χ3v) is 4.28. The Bertz CT molecular complexity index is 411. The van der Waals surface area contributed by atoms with Crippen LogP contribution in [0.4, 0.5) is 5.69 Å². The average molecular weight is 314 g/mol. The Morgan fingerprint density at radius 1 is 1.33 bits per heavy atom. The van der Waals surface area contributed by atoms with Crippen LogP contribution in [0.2, 0.25) is 0 Å². The van der Waals surface area contributed by atoms with E-state index >= 15 is 0 Å². The summed E-state index contributed by atoms with van der Waals surface area (Å²) in [7, 11) is 2.00. The summed E-state index contributed by atoms with van der Waals surface area (Å²) in [6.45, 7) is 0.0236. The van der Waals surface area contributed by atoms with Gasteiger partial charge in [-0.2, -0.15) is 0 Å². The highest BCUT2D eigenvalue weighted by Gasteiger charge is 2.27. The van der Waals surface area contributed by atoms with Crippen molar-refractivity contribution in [3.8, 4) is 0 Å². The quantitative estimate of drug-likeness (QED) is 0.901. The molecule has 2 atom stereocenters. The molecule has 4 heteroatoms. The SMILES string of the molecule is CN(c1cc(Br)ccc1CO)C1CCCCC1O. The highest BCUT2D eigenvalue weighted by atomic mass is 79.9. The van der Waals surface area contributed by atoms with Gasteiger partial charge in [0.2, 0.25) is 0 Å². The molecular weight excluding hydrogens is 294 g/mol. The minimum absolute atomic E-state index is 0.0236. The van der Waals surface area contributed by atoms with Crippen molar-refractivity contribution in [3.63, 3.8) is 0 Å². The number of hydrogen-bond acceptors (Lipinski definition) is 3. The molecule has 1 fully saturated rings.